The van der Waals surface area contributed by atoms with Gasteiger partial charge >= 0.3 is 0 Å². The number of nitrogens with zero attached hydrogens (tertiary/aromatic N) is 3. The van der Waals surface area contributed by atoms with Crippen LogP contribution < -0.4 is 0 Å². The second kappa shape index (κ2) is 16.6. The number of rotatable bonds is 7. The topological polar surface area (TPSA) is 50.9 Å². The van der Waals surface area contributed by atoms with Crippen molar-refractivity contribution in [2.45, 2.75) is 124 Å². The number of hydrogen-bond acceptors (Lipinski definition) is 3. The van der Waals surface area contributed by atoms with Crippen LogP contribution in [0.3, 0.4) is 0 Å². The lowest BCUT2D eigenvalue weighted by atomic mass is 9.79. The molecule has 6 aromatic carbocycles. The van der Waals surface area contributed by atoms with Crippen LogP contribution in [0.4, 0.5) is 0 Å². The first-order chi connectivity index (χ1) is 32.5. The van der Waals surface area contributed by atoms with Crippen molar-refractivity contribution >= 4 is 11.0 Å². The van der Waals surface area contributed by atoms with Crippen molar-refractivity contribution < 1.29 is 12.0 Å². The minimum absolute atomic E-state index is 0.0362. The lowest BCUT2D eigenvalue weighted by Gasteiger charge is -2.27. The standard InChI is InChI=1S/C61H67N3O/c1-38(2)41-25-28-53(49(34-41)40-19-16-15-17-20-40)64-54-22-18-21-48(55(54)63-57(64)50-36-47(60(9,10)11)37-51(56(50)65)61(12,13)14)43-31-44(33-46(32-43)59(6,7)8)52-35-42(29-30-62-52)39-23-26-45(27-24-39)58(3,4)5/h15-38,65H,1-14H3/i23D,24D,26D,27D,38D. The van der Waals surface area contributed by atoms with E-state index in [2.05, 4.69) is 140 Å². The maximum atomic E-state index is 12.6. The molecule has 0 aliphatic heterocycles. The molecule has 0 aliphatic carbocycles. The minimum atomic E-state index is -0.862. The molecular weight excluding hydrogens is 791 g/mol. The van der Waals surface area contributed by atoms with Crippen molar-refractivity contribution in [3.63, 3.8) is 0 Å². The summed E-state index contributed by atoms with van der Waals surface area (Å²) in [7, 11) is 0. The normalized spacial score (nSPS) is 13.9. The zero-order valence-electron chi connectivity index (χ0n) is 45.8. The summed E-state index contributed by atoms with van der Waals surface area (Å²) in [6.07, 6.45) is 1.67. The fourth-order valence-corrected chi connectivity index (χ4v) is 8.40. The largest absolute Gasteiger partial charge is 0.507 e. The van der Waals surface area contributed by atoms with E-state index >= 15 is 0 Å². The monoisotopic (exact) mass is 863 g/mol. The summed E-state index contributed by atoms with van der Waals surface area (Å²) in [5, 5.41) is 12.6. The molecule has 4 nitrogen and oxygen atoms in total. The van der Waals surface area contributed by atoms with Crippen molar-refractivity contribution in [1.82, 2.24) is 14.5 Å². The molecule has 2 heterocycles. The summed E-state index contributed by atoms with van der Waals surface area (Å²) in [5.41, 5.74) is 11.8. The molecule has 0 saturated heterocycles. The molecule has 8 rings (SSSR count). The molecule has 0 atom stereocenters. The number of phenols is 1. The van der Waals surface area contributed by atoms with Gasteiger partial charge in [-0.25, -0.2) is 4.98 Å². The predicted octanol–water partition coefficient (Wildman–Crippen LogP) is 16.8. The van der Waals surface area contributed by atoms with Crippen molar-refractivity contribution in [3.8, 4) is 67.5 Å². The molecule has 0 aliphatic rings. The van der Waals surface area contributed by atoms with Crippen molar-refractivity contribution in [1.29, 1.82) is 0 Å². The van der Waals surface area contributed by atoms with E-state index in [1.165, 1.54) is 0 Å². The Balaban J connectivity index is 1.44. The van der Waals surface area contributed by atoms with Crippen LogP contribution in [0.1, 0.15) is 137 Å². The molecule has 0 radical (unpaired) electrons. The Kier molecular flexibility index (Phi) is 10.0. The summed E-state index contributed by atoms with van der Waals surface area (Å²) < 4.78 is 47.4. The van der Waals surface area contributed by atoms with E-state index < -0.39 is 11.3 Å². The molecule has 0 saturated carbocycles. The molecule has 2 aromatic heterocycles. The van der Waals surface area contributed by atoms with Gasteiger partial charge in [-0.1, -0.05) is 182 Å². The summed E-state index contributed by atoms with van der Waals surface area (Å²) >= 11 is 0. The average molecular weight is 863 g/mol. The van der Waals surface area contributed by atoms with Crippen LogP contribution in [0.5, 0.6) is 5.75 Å². The highest BCUT2D eigenvalue weighted by Crippen LogP contribution is 2.46. The van der Waals surface area contributed by atoms with E-state index in [-0.39, 0.29) is 51.7 Å². The zero-order valence-corrected chi connectivity index (χ0v) is 40.8. The third-order valence-corrected chi connectivity index (χ3v) is 12.4. The Bertz CT molecular complexity index is 3310. The first-order valence-electron chi connectivity index (χ1n) is 25.3. The number of para-hydroxylation sites is 1. The maximum absolute atomic E-state index is 12.6. The lowest BCUT2D eigenvalue weighted by Crippen LogP contribution is -2.17. The number of imidazole rings is 1. The molecule has 332 valence electrons. The van der Waals surface area contributed by atoms with Crippen LogP contribution in [0.25, 0.3) is 72.7 Å². The van der Waals surface area contributed by atoms with Crippen LogP contribution in [0.15, 0.2) is 140 Å². The van der Waals surface area contributed by atoms with Crippen molar-refractivity contribution in [2.24, 2.45) is 0 Å². The van der Waals surface area contributed by atoms with Gasteiger partial charge in [-0.05, 0) is 121 Å². The second-order valence-electron chi connectivity index (χ2n) is 21.9. The van der Waals surface area contributed by atoms with E-state index in [9.17, 15) is 5.11 Å². The molecule has 8 aromatic rings. The number of hydrogen-bond donors (Lipinski definition) is 1. The smallest absolute Gasteiger partial charge is 0.149 e. The van der Waals surface area contributed by atoms with E-state index in [4.69, 9.17) is 16.8 Å². The van der Waals surface area contributed by atoms with Gasteiger partial charge in [0.1, 0.15) is 11.6 Å². The quantitative estimate of drug-likeness (QED) is 0.174. The number of aromatic nitrogens is 3. The van der Waals surface area contributed by atoms with E-state index in [1.54, 1.807) is 12.3 Å². The van der Waals surface area contributed by atoms with Gasteiger partial charge < -0.3 is 5.11 Å². The van der Waals surface area contributed by atoms with E-state index in [0.29, 0.717) is 28.2 Å². The molecule has 0 fully saturated rings. The van der Waals surface area contributed by atoms with Crippen LogP contribution in [-0.4, -0.2) is 19.6 Å². The van der Waals surface area contributed by atoms with Gasteiger partial charge in [0, 0.05) is 29.8 Å². The molecule has 65 heavy (non-hydrogen) atoms. The SMILES string of the molecule is [2H]c1c([2H])c(C(C)(C)C)c([2H])c([2H])c1-c1ccnc(-c2cc(-c3cccc4c3nc(-c3cc(C(C)(C)C)cc(C(C)(C)C)c3O)n4-c3ccc(C([2H])(C)C)cc3-c3ccccc3)cc(C(C)(C)C)c2)c1. The van der Waals surface area contributed by atoms with Gasteiger partial charge in [-0.15, -0.1) is 0 Å². The van der Waals surface area contributed by atoms with Crippen LogP contribution in [0.2, 0.25) is 0 Å². The van der Waals surface area contributed by atoms with E-state index in [1.807, 2.05) is 65.0 Å². The van der Waals surface area contributed by atoms with Gasteiger partial charge in [-0.2, -0.15) is 0 Å². The zero-order chi connectivity index (χ0) is 51.2. The van der Waals surface area contributed by atoms with E-state index in [0.717, 1.165) is 66.8 Å². The molecule has 1 N–H and O–H groups in total. The minimum Gasteiger partial charge on any atom is -0.507 e. The molecule has 4 heteroatoms. The molecule has 0 unspecified atom stereocenters. The Morgan fingerprint density at radius 1 is 0.538 bits per heavy atom. The number of pyridine rings is 1. The van der Waals surface area contributed by atoms with Gasteiger partial charge in [-0.3, -0.25) is 9.55 Å². The third kappa shape index (κ3) is 9.06. The Labute approximate surface area is 395 Å². The van der Waals surface area contributed by atoms with Gasteiger partial charge in [0.25, 0.3) is 0 Å². The molecule has 0 bridgehead atoms. The number of phenolic OH excluding ortho intramolecular Hbond substituents is 1. The third-order valence-electron chi connectivity index (χ3n) is 12.4. The second-order valence-corrected chi connectivity index (χ2v) is 21.9. The summed E-state index contributed by atoms with van der Waals surface area (Å²) in [4.78, 5) is 10.5. The van der Waals surface area contributed by atoms with Crippen LogP contribution >= 0.6 is 0 Å². The highest BCUT2D eigenvalue weighted by molar-refractivity contribution is 5.98. The summed E-state index contributed by atoms with van der Waals surface area (Å²) in [6.45, 7) is 29.0. The highest BCUT2D eigenvalue weighted by Gasteiger charge is 2.30. The number of benzene rings is 6. The number of aromatic hydroxyl groups is 1. The maximum Gasteiger partial charge on any atom is 0.149 e. The van der Waals surface area contributed by atoms with Gasteiger partial charge in [0.15, 0.2) is 0 Å². The Hall–Kier alpha value is -6.26. The number of fused-ring (bicyclic) bond motifs is 1. The Morgan fingerprint density at radius 2 is 1.18 bits per heavy atom. The summed E-state index contributed by atoms with van der Waals surface area (Å²) in [5.74, 6) is -0.0915. The fourth-order valence-electron chi connectivity index (χ4n) is 8.40. The van der Waals surface area contributed by atoms with Crippen LogP contribution in [0, 0.1) is 0 Å². The Morgan fingerprint density at radius 3 is 1.82 bits per heavy atom. The highest BCUT2D eigenvalue weighted by atomic mass is 16.3. The fraction of sp³-hybridized carbons (Fsp3) is 0.311. The average Bonchev–Trinajstić information content (AvgIpc) is 3.66. The summed E-state index contributed by atoms with van der Waals surface area (Å²) in [6, 6.07) is 36.8. The molecule has 0 spiro atoms. The van der Waals surface area contributed by atoms with Gasteiger partial charge in [0.05, 0.1) is 33.5 Å². The van der Waals surface area contributed by atoms with Crippen molar-refractivity contribution in [3.05, 3.63) is 167 Å². The van der Waals surface area contributed by atoms with Crippen molar-refractivity contribution in [2.75, 3.05) is 0 Å². The lowest BCUT2D eigenvalue weighted by molar-refractivity contribution is 0.446. The first-order valence-corrected chi connectivity index (χ1v) is 22.8. The molecule has 0 amide bonds. The van der Waals surface area contributed by atoms with Crippen LogP contribution in [-0.2, 0) is 21.7 Å². The molecular formula is C61H67N3O. The predicted molar refractivity (Wildman–Crippen MR) is 277 cm³/mol. The first kappa shape index (κ1) is 39.1. The van der Waals surface area contributed by atoms with Gasteiger partial charge in [0.2, 0.25) is 0 Å².